The maximum Gasteiger partial charge on any atom is 0.200 e. The van der Waals surface area contributed by atoms with Crippen molar-refractivity contribution in [2.45, 2.75) is 37.6 Å². The number of phenols is 1. The first kappa shape index (κ1) is 21.1. The number of hydrazone groups is 1. The largest absolute Gasteiger partial charge is 0.504 e. The highest BCUT2D eigenvalue weighted by Crippen LogP contribution is 2.50. The molecule has 0 radical (unpaired) electrons. The fourth-order valence-corrected chi connectivity index (χ4v) is 5.49. The van der Waals surface area contributed by atoms with Crippen molar-refractivity contribution in [3.8, 4) is 17.2 Å². The Labute approximate surface area is 200 Å². The van der Waals surface area contributed by atoms with E-state index in [9.17, 15) is 5.11 Å². The van der Waals surface area contributed by atoms with Gasteiger partial charge >= 0.3 is 0 Å². The molecule has 1 spiro atoms. The van der Waals surface area contributed by atoms with Crippen LogP contribution in [0.2, 0.25) is 0 Å². The maximum atomic E-state index is 10.0. The Balaban J connectivity index is 1.30. The summed E-state index contributed by atoms with van der Waals surface area (Å²) in [5.41, 5.74) is 4.04. The molecule has 1 saturated heterocycles. The Hall–Kier alpha value is -3.51. The number of ether oxygens (including phenoxy) is 2. The number of rotatable bonds is 4. The standard InChI is InChI=1S/C28H29N3O3/c1-33-27-17-21(11-12-25(27)32)23-18-24-22-9-5-6-10-26(22)34-28(31(24)29-23)13-15-30(16-14-28)19-20-7-3-2-4-8-20/h2-12,17,24,32H,13-16,18-19H2,1H3/t24-/m0/s1. The van der Waals surface area contributed by atoms with Crippen LogP contribution in [0.25, 0.3) is 0 Å². The van der Waals surface area contributed by atoms with Crippen LogP contribution >= 0.6 is 0 Å². The highest BCUT2D eigenvalue weighted by Gasteiger charge is 2.51. The number of hydrogen-bond donors (Lipinski definition) is 1. The zero-order chi connectivity index (χ0) is 23.1. The van der Waals surface area contributed by atoms with Crippen molar-refractivity contribution >= 4 is 5.71 Å². The first-order valence-corrected chi connectivity index (χ1v) is 11.9. The van der Waals surface area contributed by atoms with E-state index in [1.807, 2.05) is 18.2 Å². The molecule has 6 rings (SSSR count). The molecule has 0 amide bonds. The van der Waals surface area contributed by atoms with Gasteiger partial charge in [-0.2, -0.15) is 5.10 Å². The van der Waals surface area contributed by atoms with E-state index in [1.54, 1.807) is 13.2 Å². The Morgan fingerprint density at radius 3 is 2.59 bits per heavy atom. The minimum atomic E-state index is -0.449. The summed E-state index contributed by atoms with van der Waals surface area (Å²) >= 11 is 0. The molecule has 0 aromatic heterocycles. The Bertz CT molecular complexity index is 1220. The molecule has 0 bridgehead atoms. The third-order valence-electron chi connectivity index (χ3n) is 7.31. The van der Waals surface area contributed by atoms with Crippen molar-refractivity contribution in [3.63, 3.8) is 0 Å². The predicted octanol–water partition coefficient (Wildman–Crippen LogP) is 4.94. The first-order chi connectivity index (χ1) is 16.6. The average Bonchev–Trinajstić information content (AvgIpc) is 3.33. The molecule has 3 aromatic carbocycles. The molecule has 3 heterocycles. The Morgan fingerprint density at radius 1 is 1.03 bits per heavy atom. The molecule has 1 atom stereocenters. The second-order valence-electron chi connectivity index (χ2n) is 9.35. The van der Waals surface area contributed by atoms with E-state index in [0.717, 1.165) is 55.9 Å². The van der Waals surface area contributed by atoms with Crippen molar-refractivity contribution in [3.05, 3.63) is 89.5 Å². The number of nitrogens with zero attached hydrogens (tertiary/aromatic N) is 3. The van der Waals surface area contributed by atoms with Gasteiger partial charge in [0.2, 0.25) is 5.72 Å². The summed E-state index contributed by atoms with van der Waals surface area (Å²) in [6.07, 6.45) is 2.57. The lowest BCUT2D eigenvalue weighted by Crippen LogP contribution is -2.59. The SMILES string of the molecule is COc1cc(C2=NN3[C@@H](C2)c2ccccc2OC32CCN(Cc3ccccc3)CC2)ccc1O. The zero-order valence-corrected chi connectivity index (χ0v) is 19.4. The molecule has 6 nitrogen and oxygen atoms in total. The number of piperidine rings is 1. The molecular weight excluding hydrogens is 426 g/mol. The van der Waals surface area contributed by atoms with Crippen molar-refractivity contribution in [1.29, 1.82) is 0 Å². The van der Waals surface area contributed by atoms with Gasteiger partial charge in [0.15, 0.2) is 11.5 Å². The van der Waals surface area contributed by atoms with Gasteiger partial charge in [-0.3, -0.25) is 4.90 Å². The quantitative estimate of drug-likeness (QED) is 0.604. The second-order valence-corrected chi connectivity index (χ2v) is 9.35. The first-order valence-electron chi connectivity index (χ1n) is 11.9. The van der Waals surface area contributed by atoms with E-state index in [4.69, 9.17) is 14.6 Å². The number of likely N-dealkylation sites (tertiary alicyclic amines) is 1. The smallest absolute Gasteiger partial charge is 0.200 e. The van der Waals surface area contributed by atoms with E-state index in [-0.39, 0.29) is 11.8 Å². The number of fused-ring (bicyclic) bond motifs is 4. The molecule has 3 aromatic rings. The summed E-state index contributed by atoms with van der Waals surface area (Å²) in [7, 11) is 1.57. The van der Waals surface area contributed by atoms with E-state index in [0.29, 0.717) is 5.75 Å². The number of hydrogen-bond acceptors (Lipinski definition) is 6. The summed E-state index contributed by atoms with van der Waals surface area (Å²) in [6, 6.07) is 24.6. The fourth-order valence-electron chi connectivity index (χ4n) is 5.49. The fraction of sp³-hybridized carbons (Fsp3) is 0.321. The number of aromatic hydroxyl groups is 1. The number of para-hydroxylation sites is 1. The van der Waals surface area contributed by atoms with Crippen LogP contribution in [0.4, 0.5) is 0 Å². The molecule has 0 unspecified atom stereocenters. The van der Waals surface area contributed by atoms with Crippen LogP contribution < -0.4 is 9.47 Å². The Kier molecular flexibility index (Phi) is 5.18. The maximum absolute atomic E-state index is 10.0. The lowest BCUT2D eigenvalue weighted by Gasteiger charge is -2.51. The summed E-state index contributed by atoms with van der Waals surface area (Å²) in [4.78, 5) is 2.50. The molecular formula is C28H29N3O3. The minimum absolute atomic E-state index is 0.138. The summed E-state index contributed by atoms with van der Waals surface area (Å²) in [6.45, 7) is 2.87. The Morgan fingerprint density at radius 2 is 1.79 bits per heavy atom. The van der Waals surface area contributed by atoms with Crippen LogP contribution in [0.3, 0.4) is 0 Å². The van der Waals surface area contributed by atoms with Gasteiger partial charge in [0, 0.05) is 50.0 Å². The predicted molar refractivity (Wildman–Crippen MR) is 131 cm³/mol. The van der Waals surface area contributed by atoms with E-state index in [1.165, 1.54) is 11.1 Å². The number of methoxy groups -OCH3 is 1. The van der Waals surface area contributed by atoms with Gasteiger partial charge in [-0.25, -0.2) is 5.01 Å². The van der Waals surface area contributed by atoms with Gasteiger partial charge in [-0.1, -0.05) is 48.5 Å². The van der Waals surface area contributed by atoms with Crippen LogP contribution in [0.1, 0.15) is 42.0 Å². The molecule has 1 fully saturated rings. The average molecular weight is 456 g/mol. The molecule has 1 N–H and O–H groups in total. The third-order valence-corrected chi connectivity index (χ3v) is 7.31. The normalized spacial score (nSPS) is 20.9. The third kappa shape index (κ3) is 3.59. The van der Waals surface area contributed by atoms with Crippen molar-refractivity contribution < 1.29 is 14.6 Å². The molecule has 0 aliphatic carbocycles. The van der Waals surface area contributed by atoms with Crippen LogP contribution in [0.15, 0.2) is 77.9 Å². The summed E-state index contributed by atoms with van der Waals surface area (Å²) in [5.74, 6) is 1.57. The molecule has 174 valence electrons. The highest BCUT2D eigenvalue weighted by molar-refractivity contribution is 6.02. The molecule has 0 saturated carbocycles. The van der Waals surface area contributed by atoms with E-state index in [2.05, 4.69) is 58.4 Å². The molecule has 6 heteroatoms. The lowest BCUT2D eigenvalue weighted by atomic mass is 9.90. The molecule has 34 heavy (non-hydrogen) atoms. The molecule has 3 aliphatic rings. The number of benzene rings is 3. The zero-order valence-electron chi connectivity index (χ0n) is 19.4. The van der Waals surface area contributed by atoms with Gasteiger partial charge in [0.1, 0.15) is 5.75 Å². The molecule has 3 aliphatic heterocycles. The van der Waals surface area contributed by atoms with Gasteiger partial charge in [0.05, 0.1) is 18.9 Å². The topological polar surface area (TPSA) is 57.5 Å². The van der Waals surface area contributed by atoms with Gasteiger partial charge in [0.25, 0.3) is 0 Å². The monoisotopic (exact) mass is 455 g/mol. The summed E-state index contributed by atoms with van der Waals surface area (Å²) in [5, 5.41) is 17.4. The van der Waals surface area contributed by atoms with Gasteiger partial charge in [-0.15, -0.1) is 0 Å². The van der Waals surface area contributed by atoms with Crippen molar-refractivity contribution in [2.24, 2.45) is 5.10 Å². The van der Waals surface area contributed by atoms with Crippen molar-refractivity contribution in [2.75, 3.05) is 20.2 Å². The van der Waals surface area contributed by atoms with Crippen LogP contribution in [0.5, 0.6) is 17.2 Å². The lowest BCUT2D eigenvalue weighted by molar-refractivity contribution is -0.150. The van der Waals surface area contributed by atoms with Crippen LogP contribution in [-0.4, -0.2) is 46.7 Å². The van der Waals surface area contributed by atoms with Crippen molar-refractivity contribution in [1.82, 2.24) is 9.91 Å². The van der Waals surface area contributed by atoms with E-state index < -0.39 is 5.72 Å². The number of phenolic OH excluding ortho intramolecular Hbond substituents is 1. The van der Waals surface area contributed by atoms with Gasteiger partial charge < -0.3 is 14.6 Å². The van der Waals surface area contributed by atoms with E-state index >= 15 is 0 Å². The second kappa shape index (κ2) is 8.37. The van der Waals surface area contributed by atoms with Crippen LogP contribution in [0, 0.1) is 0 Å². The highest BCUT2D eigenvalue weighted by atomic mass is 16.5. The van der Waals surface area contributed by atoms with Crippen LogP contribution in [-0.2, 0) is 6.54 Å². The minimum Gasteiger partial charge on any atom is -0.504 e. The summed E-state index contributed by atoms with van der Waals surface area (Å²) < 4.78 is 12.1. The van der Waals surface area contributed by atoms with Gasteiger partial charge in [-0.05, 0) is 29.8 Å².